The van der Waals surface area contributed by atoms with Crippen molar-refractivity contribution >= 4 is 10.4 Å². The zero-order valence-corrected chi connectivity index (χ0v) is 12.8. The Labute approximate surface area is 128 Å². The Balaban J connectivity index is -0.000000177. The summed E-state index contributed by atoms with van der Waals surface area (Å²) < 4.78 is 37.2. The Bertz CT molecular complexity index is 200. The summed E-state index contributed by atoms with van der Waals surface area (Å²) in [5, 5.41) is 0. The van der Waals surface area contributed by atoms with E-state index in [4.69, 9.17) is 4.74 Å². The van der Waals surface area contributed by atoms with Crippen LogP contribution in [0, 0.1) is 0 Å². The average Bonchev–Trinajstić information content (AvgIpc) is 2.02. The van der Waals surface area contributed by atoms with Gasteiger partial charge in [0.2, 0.25) is 10.4 Å². The van der Waals surface area contributed by atoms with Crippen molar-refractivity contribution in [2.45, 2.75) is 13.8 Å². The fourth-order valence-corrected chi connectivity index (χ4v) is 0.598. The third-order valence-electron chi connectivity index (χ3n) is 0.738. The van der Waals surface area contributed by atoms with Crippen LogP contribution in [0.2, 0.25) is 0 Å². The van der Waals surface area contributed by atoms with E-state index in [2.05, 4.69) is 10.8 Å². The van der Waals surface area contributed by atoms with Crippen molar-refractivity contribution in [2.24, 2.45) is 0 Å². The predicted molar refractivity (Wildman–Crippen MR) is 48.0 cm³/mol. The van der Waals surface area contributed by atoms with Crippen LogP contribution in [-0.2, 0) is 19.3 Å². The molecule has 0 aliphatic heterocycles. The minimum absolute atomic E-state index is 0. The summed E-state index contributed by atoms with van der Waals surface area (Å²) in [7, 11) is -4.51. The molecule has 0 aromatic heterocycles. The van der Waals surface area contributed by atoms with Gasteiger partial charge in [0.25, 0.3) is 0 Å². The van der Waals surface area contributed by atoms with Gasteiger partial charge in [0, 0.05) is 13.2 Å². The van der Waals surface area contributed by atoms with Gasteiger partial charge in [0.05, 0.1) is 6.61 Å². The molecule has 0 aliphatic rings. The standard InChI is InChI=1S/C4H10O.C3H6O4S.K/c1-3-5-4-2;1-2-3-7-8(4,5)6;/h3-4H2,1-2H3;2H,1,3H2,(H,4,5,6);/q;;+1/p-1. The minimum Gasteiger partial charge on any atom is -0.726 e. The van der Waals surface area contributed by atoms with Gasteiger partial charge in [-0.05, 0) is 13.8 Å². The van der Waals surface area contributed by atoms with Gasteiger partial charge < -0.3 is 9.29 Å². The molecule has 0 heterocycles. The van der Waals surface area contributed by atoms with Crippen molar-refractivity contribution in [1.29, 1.82) is 0 Å². The van der Waals surface area contributed by atoms with Crippen LogP contribution in [0.15, 0.2) is 12.7 Å². The molecule has 0 fully saturated rings. The fourth-order valence-electron chi connectivity index (χ4n) is 0.336. The molecule has 0 saturated heterocycles. The summed E-state index contributed by atoms with van der Waals surface area (Å²) >= 11 is 0. The molecule has 14 heavy (non-hydrogen) atoms. The molecule has 0 bridgehead atoms. The van der Waals surface area contributed by atoms with E-state index in [1.165, 1.54) is 6.08 Å². The second-order valence-corrected chi connectivity index (χ2v) is 2.82. The van der Waals surface area contributed by atoms with E-state index in [9.17, 15) is 13.0 Å². The van der Waals surface area contributed by atoms with Crippen molar-refractivity contribution in [2.75, 3.05) is 19.8 Å². The Morgan fingerprint density at radius 1 is 1.36 bits per heavy atom. The molecule has 7 heteroatoms. The van der Waals surface area contributed by atoms with Crippen LogP contribution in [0.3, 0.4) is 0 Å². The van der Waals surface area contributed by atoms with Gasteiger partial charge in [-0.1, -0.05) is 6.08 Å². The molecule has 80 valence electrons. The van der Waals surface area contributed by atoms with Crippen molar-refractivity contribution < 1.29 is 73.3 Å². The quantitative estimate of drug-likeness (QED) is 0.237. The average molecular weight is 250 g/mol. The summed E-state index contributed by atoms with van der Waals surface area (Å²) in [5.41, 5.74) is 0. The normalized spacial score (nSPS) is 9.36. The van der Waals surface area contributed by atoms with Crippen molar-refractivity contribution in [3.8, 4) is 0 Å². The smallest absolute Gasteiger partial charge is 0.726 e. The van der Waals surface area contributed by atoms with Gasteiger partial charge in [-0.15, -0.1) is 6.58 Å². The maximum atomic E-state index is 9.56. The molecule has 0 spiro atoms. The maximum absolute atomic E-state index is 9.56. The largest absolute Gasteiger partial charge is 1.00 e. The first-order chi connectivity index (χ1) is 5.97. The maximum Gasteiger partial charge on any atom is 1.00 e. The molecule has 0 amide bonds. The number of hydrogen-bond acceptors (Lipinski definition) is 5. The Morgan fingerprint density at radius 3 is 1.86 bits per heavy atom. The molecule has 0 aromatic rings. The molecule has 0 radical (unpaired) electrons. The molecular weight excluding hydrogens is 235 g/mol. The summed E-state index contributed by atoms with van der Waals surface area (Å²) in [4.78, 5) is 0. The minimum atomic E-state index is -4.51. The van der Waals surface area contributed by atoms with Crippen molar-refractivity contribution in [1.82, 2.24) is 0 Å². The second-order valence-electron chi connectivity index (χ2n) is 1.76. The van der Waals surface area contributed by atoms with Gasteiger partial charge >= 0.3 is 51.4 Å². The molecule has 0 unspecified atom stereocenters. The number of rotatable bonds is 5. The Hall–Kier alpha value is 1.21. The zero-order valence-electron chi connectivity index (χ0n) is 8.86. The third kappa shape index (κ3) is 29.2. The van der Waals surface area contributed by atoms with E-state index in [0.717, 1.165) is 13.2 Å². The van der Waals surface area contributed by atoms with E-state index in [0.29, 0.717) is 0 Å². The van der Waals surface area contributed by atoms with Gasteiger partial charge in [-0.2, -0.15) is 0 Å². The molecule has 0 saturated carbocycles. The first-order valence-corrected chi connectivity index (χ1v) is 5.10. The first-order valence-electron chi connectivity index (χ1n) is 3.76. The van der Waals surface area contributed by atoms with E-state index in [1.807, 2.05) is 13.8 Å². The topological polar surface area (TPSA) is 75.7 Å². The van der Waals surface area contributed by atoms with Crippen LogP contribution in [-0.4, -0.2) is 32.8 Å². The van der Waals surface area contributed by atoms with E-state index in [-0.39, 0.29) is 58.0 Å². The third-order valence-corrected chi connectivity index (χ3v) is 1.16. The molecule has 0 rings (SSSR count). The molecule has 0 aromatic carbocycles. The van der Waals surface area contributed by atoms with Crippen LogP contribution in [0.4, 0.5) is 0 Å². The van der Waals surface area contributed by atoms with E-state index >= 15 is 0 Å². The van der Waals surface area contributed by atoms with E-state index < -0.39 is 10.4 Å². The fraction of sp³-hybridized carbons (Fsp3) is 0.714. The first kappa shape index (κ1) is 20.6. The molecule has 0 aliphatic carbocycles. The molecule has 5 nitrogen and oxygen atoms in total. The summed E-state index contributed by atoms with van der Waals surface area (Å²) in [6.07, 6.45) is 1.18. The Kier molecular flexibility index (Phi) is 20.9. The summed E-state index contributed by atoms with van der Waals surface area (Å²) in [5.74, 6) is 0. The molecular formula is C7H15KO5S. The van der Waals surface area contributed by atoms with Crippen LogP contribution in [0.5, 0.6) is 0 Å². The summed E-state index contributed by atoms with van der Waals surface area (Å²) in [6.45, 7) is 8.54. The van der Waals surface area contributed by atoms with Crippen LogP contribution >= 0.6 is 0 Å². The van der Waals surface area contributed by atoms with Crippen molar-refractivity contribution in [3.63, 3.8) is 0 Å². The van der Waals surface area contributed by atoms with Crippen LogP contribution < -0.4 is 51.4 Å². The number of hydrogen-bond donors (Lipinski definition) is 0. The van der Waals surface area contributed by atoms with Gasteiger partial charge in [0.1, 0.15) is 0 Å². The predicted octanol–water partition coefficient (Wildman–Crippen LogP) is -2.30. The van der Waals surface area contributed by atoms with Gasteiger partial charge in [-0.25, -0.2) is 8.42 Å². The summed E-state index contributed by atoms with van der Waals surface area (Å²) in [6, 6.07) is 0. The molecule has 0 N–H and O–H groups in total. The Morgan fingerprint density at radius 2 is 1.79 bits per heavy atom. The SMILES string of the molecule is C=CCOS(=O)(=O)[O-].CCOCC.[K+]. The van der Waals surface area contributed by atoms with Gasteiger partial charge in [0.15, 0.2) is 0 Å². The monoisotopic (exact) mass is 250 g/mol. The van der Waals surface area contributed by atoms with Gasteiger partial charge in [-0.3, -0.25) is 4.18 Å². The van der Waals surface area contributed by atoms with Crippen LogP contribution in [0.1, 0.15) is 13.8 Å². The van der Waals surface area contributed by atoms with Crippen molar-refractivity contribution in [3.05, 3.63) is 12.7 Å². The van der Waals surface area contributed by atoms with Crippen LogP contribution in [0.25, 0.3) is 0 Å². The molecule has 0 atom stereocenters. The van der Waals surface area contributed by atoms with E-state index in [1.54, 1.807) is 0 Å². The zero-order chi connectivity index (χ0) is 10.7. The number of ether oxygens (including phenoxy) is 1. The second kappa shape index (κ2) is 14.2.